The van der Waals surface area contributed by atoms with Crippen molar-refractivity contribution >= 4 is 6.09 Å². The summed E-state index contributed by atoms with van der Waals surface area (Å²) in [5.41, 5.74) is 0.754. The second kappa shape index (κ2) is 6.50. The van der Waals surface area contributed by atoms with Crippen LogP contribution in [0.2, 0.25) is 0 Å². The maximum absolute atomic E-state index is 14.2. The van der Waals surface area contributed by atoms with E-state index < -0.39 is 17.7 Å². The van der Waals surface area contributed by atoms with Crippen molar-refractivity contribution in [2.45, 2.75) is 12.5 Å². The van der Waals surface area contributed by atoms with Gasteiger partial charge in [0.1, 0.15) is 18.2 Å². The maximum atomic E-state index is 14.2. The van der Waals surface area contributed by atoms with Gasteiger partial charge in [0.25, 0.3) is 0 Å². The van der Waals surface area contributed by atoms with Crippen LogP contribution < -0.4 is 4.74 Å². The molecule has 0 spiro atoms. The van der Waals surface area contributed by atoms with Crippen LogP contribution in [0.4, 0.5) is 13.6 Å². The first kappa shape index (κ1) is 17.2. The van der Waals surface area contributed by atoms with Crippen molar-refractivity contribution in [3.05, 3.63) is 58.8 Å². The average Bonchev–Trinajstić information content (AvgIpc) is 3.13. The molecule has 1 saturated heterocycles. The molecule has 0 bridgehead atoms. The van der Waals surface area contributed by atoms with Crippen LogP contribution in [0.15, 0.2) is 30.3 Å². The first-order valence-corrected chi connectivity index (χ1v) is 8.43. The summed E-state index contributed by atoms with van der Waals surface area (Å²) in [4.78, 5) is 16.5. The van der Waals surface area contributed by atoms with Crippen LogP contribution in [0.1, 0.15) is 22.7 Å². The molecule has 1 aromatic carbocycles. The van der Waals surface area contributed by atoms with E-state index in [1.165, 1.54) is 29.2 Å². The number of ether oxygens (including phenoxy) is 1. The summed E-state index contributed by atoms with van der Waals surface area (Å²) >= 11 is 0. The molecule has 3 atom stereocenters. The number of likely N-dealkylation sites (tertiary alicyclic amines) is 1. The van der Waals surface area contributed by atoms with Gasteiger partial charge in [0, 0.05) is 30.6 Å². The number of fused-ring (bicyclic) bond motifs is 1. The van der Waals surface area contributed by atoms with Gasteiger partial charge in [0.15, 0.2) is 0 Å². The molecule has 4 rings (SSSR count). The molecule has 1 aliphatic heterocycles. The van der Waals surface area contributed by atoms with Crippen LogP contribution in [0.5, 0.6) is 5.88 Å². The van der Waals surface area contributed by atoms with Gasteiger partial charge in [-0.05, 0) is 30.0 Å². The summed E-state index contributed by atoms with van der Waals surface area (Å²) < 4.78 is 33.6. The zero-order valence-corrected chi connectivity index (χ0v) is 14.1. The highest BCUT2D eigenvalue weighted by molar-refractivity contribution is 5.66. The number of carbonyl (C=O) groups is 1. The number of nitriles is 1. The van der Waals surface area contributed by atoms with Crippen LogP contribution in [-0.4, -0.2) is 34.2 Å². The van der Waals surface area contributed by atoms with Gasteiger partial charge in [-0.2, -0.15) is 5.26 Å². The number of hydrogen-bond donors (Lipinski definition) is 1. The molecule has 2 fully saturated rings. The second-order valence-electron chi connectivity index (χ2n) is 6.76. The third-order valence-electron chi connectivity index (χ3n) is 5.19. The predicted molar refractivity (Wildman–Crippen MR) is 89.0 cm³/mol. The van der Waals surface area contributed by atoms with Gasteiger partial charge >= 0.3 is 6.09 Å². The van der Waals surface area contributed by atoms with Gasteiger partial charge in [-0.15, -0.1) is 0 Å². The Kier molecular flexibility index (Phi) is 4.15. The largest absolute Gasteiger partial charge is 0.473 e. The molecule has 1 amide bonds. The molecule has 8 heteroatoms. The quantitative estimate of drug-likeness (QED) is 0.892. The summed E-state index contributed by atoms with van der Waals surface area (Å²) in [6.07, 6.45) is -0.962. The topological polar surface area (TPSA) is 86.5 Å². The number of hydrogen-bond acceptors (Lipinski definition) is 4. The van der Waals surface area contributed by atoms with E-state index in [0.29, 0.717) is 13.1 Å². The van der Waals surface area contributed by atoms with E-state index in [1.54, 1.807) is 0 Å². The van der Waals surface area contributed by atoms with Crippen LogP contribution in [-0.2, 0) is 6.61 Å². The Morgan fingerprint density at radius 3 is 2.63 bits per heavy atom. The molecular weight excluding hydrogens is 356 g/mol. The fourth-order valence-electron chi connectivity index (χ4n) is 3.73. The van der Waals surface area contributed by atoms with Gasteiger partial charge in [0.05, 0.1) is 17.3 Å². The number of nitrogens with zero attached hydrogens (tertiary/aromatic N) is 3. The highest BCUT2D eigenvalue weighted by atomic mass is 19.1. The molecule has 138 valence electrons. The van der Waals surface area contributed by atoms with Gasteiger partial charge in [0.2, 0.25) is 5.88 Å². The molecular formula is C19H15F2N3O3. The number of piperidine rings is 1. The molecule has 0 radical (unpaired) electrons. The van der Waals surface area contributed by atoms with Crippen molar-refractivity contribution in [3.63, 3.8) is 0 Å². The van der Waals surface area contributed by atoms with E-state index in [0.717, 1.165) is 6.07 Å². The first-order chi connectivity index (χ1) is 13.0. The third-order valence-corrected chi connectivity index (χ3v) is 5.19. The lowest BCUT2D eigenvalue weighted by molar-refractivity contribution is 0.149. The van der Waals surface area contributed by atoms with Crippen LogP contribution >= 0.6 is 0 Å². The van der Waals surface area contributed by atoms with Gasteiger partial charge in [-0.1, -0.05) is 6.07 Å². The van der Waals surface area contributed by atoms with E-state index in [2.05, 4.69) is 4.98 Å². The number of halogens is 2. The first-order valence-electron chi connectivity index (χ1n) is 8.43. The van der Waals surface area contributed by atoms with Crippen molar-refractivity contribution in [1.82, 2.24) is 9.88 Å². The molecule has 2 aliphatic rings. The highest BCUT2D eigenvalue weighted by Gasteiger charge is 2.58. The summed E-state index contributed by atoms with van der Waals surface area (Å²) in [5, 5.41) is 17.8. The predicted octanol–water partition coefficient (Wildman–Crippen LogP) is 3.13. The third kappa shape index (κ3) is 3.16. The Bertz CT molecular complexity index is 948. The molecule has 1 N–H and O–H groups in total. The van der Waals surface area contributed by atoms with Crippen LogP contribution in [0, 0.1) is 34.8 Å². The van der Waals surface area contributed by atoms with Crippen molar-refractivity contribution in [2.75, 3.05) is 13.1 Å². The average molecular weight is 371 g/mol. The molecule has 1 unspecified atom stereocenters. The zero-order valence-electron chi connectivity index (χ0n) is 14.1. The number of aromatic nitrogens is 1. The fraction of sp³-hybridized carbons (Fsp3) is 0.316. The summed E-state index contributed by atoms with van der Waals surface area (Å²) in [5.74, 6) is -0.787. The smallest absolute Gasteiger partial charge is 0.407 e. The normalized spacial score (nSPS) is 22.9. The van der Waals surface area contributed by atoms with E-state index in [4.69, 9.17) is 15.1 Å². The minimum absolute atomic E-state index is 0.0781. The summed E-state index contributed by atoms with van der Waals surface area (Å²) in [6.45, 7) is 0.667. The number of benzene rings is 1. The molecule has 27 heavy (non-hydrogen) atoms. The molecule has 1 saturated carbocycles. The van der Waals surface area contributed by atoms with Crippen LogP contribution in [0.3, 0.4) is 0 Å². The van der Waals surface area contributed by atoms with Crippen molar-refractivity contribution < 1.29 is 23.4 Å². The lowest BCUT2D eigenvalue weighted by atomic mass is 10.1. The van der Waals surface area contributed by atoms with Crippen LogP contribution in [0.25, 0.3) is 0 Å². The number of rotatable bonds is 4. The summed E-state index contributed by atoms with van der Waals surface area (Å²) in [7, 11) is 0. The van der Waals surface area contributed by atoms with E-state index in [1.807, 2.05) is 6.07 Å². The SMILES string of the molecule is N#Cc1ccc(COc2ccc(F)c(C3[C@H]4CN(C(=O)O)C[C@@H]34)n2)c(F)c1. The Balaban J connectivity index is 1.45. The van der Waals surface area contributed by atoms with Crippen molar-refractivity contribution in [1.29, 1.82) is 5.26 Å². The van der Waals surface area contributed by atoms with Gasteiger partial charge < -0.3 is 14.7 Å². The lowest BCUT2D eigenvalue weighted by Gasteiger charge is -2.16. The van der Waals surface area contributed by atoms with E-state index >= 15 is 0 Å². The molecule has 2 aromatic rings. The second-order valence-corrected chi connectivity index (χ2v) is 6.76. The number of pyridine rings is 1. The Morgan fingerprint density at radius 2 is 2.00 bits per heavy atom. The number of amides is 1. The Morgan fingerprint density at radius 1 is 1.26 bits per heavy atom. The zero-order chi connectivity index (χ0) is 19.1. The fourth-order valence-corrected chi connectivity index (χ4v) is 3.73. The standard InChI is InChI=1S/C19H15F2N3O3/c20-14-3-4-16(27-9-11-2-1-10(6-22)5-15(11)21)23-18(14)17-12-7-24(19(25)26)8-13(12)17/h1-5,12-13,17H,7-9H2,(H,25,26)/t12-,13+,17?. The summed E-state index contributed by atoms with van der Waals surface area (Å²) in [6, 6.07) is 8.57. The molecule has 2 heterocycles. The molecule has 6 nitrogen and oxygen atoms in total. The molecule has 1 aromatic heterocycles. The van der Waals surface area contributed by atoms with Gasteiger partial charge in [-0.25, -0.2) is 18.6 Å². The molecule has 1 aliphatic carbocycles. The monoisotopic (exact) mass is 371 g/mol. The maximum Gasteiger partial charge on any atom is 0.407 e. The number of carboxylic acid groups (broad SMARTS) is 1. The minimum atomic E-state index is -0.962. The van der Waals surface area contributed by atoms with Crippen molar-refractivity contribution in [2.24, 2.45) is 11.8 Å². The van der Waals surface area contributed by atoms with E-state index in [9.17, 15) is 13.6 Å². The van der Waals surface area contributed by atoms with E-state index in [-0.39, 0.29) is 47.1 Å². The Labute approximate surface area is 153 Å². The Hall–Kier alpha value is -3.21. The highest BCUT2D eigenvalue weighted by Crippen LogP contribution is 2.58. The minimum Gasteiger partial charge on any atom is -0.473 e. The van der Waals surface area contributed by atoms with Gasteiger partial charge in [-0.3, -0.25) is 0 Å². The lowest BCUT2D eigenvalue weighted by Crippen LogP contribution is -2.29. The van der Waals surface area contributed by atoms with Crippen molar-refractivity contribution in [3.8, 4) is 11.9 Å².